The number of piperidine rings is 1. The summed E-state index contributed by atoms with van der Waals surface area (Å²) in [6.45, 7) is 0. The summed E-state index contributed by atoms with van der Waals surface area (Å²) in [5, 5.41) is 3.51. The number of fused-ring (bicyclic) bond motifs is 2. The zero-order chi connectivity index (χ0) is 12.4. The third-order valence-electron chi connectivity index (χ3n) is 3.64. The van der Waals surface area contributed by atoms with Gasteiger partial charge in [0.05, 0.1) is 0 Å². The van der Waals surface area contributed by atoms with Crippen LogP contribution in [0.5, 0.6) is 5.75 Å². The first-order valence-corrected chi connectivity index (χ1v) is 6.49. The van der Waals surface area contributed by atoms with Crippen LogP contribution in [0.15, 0.2) is 30.3 Å². The number of carbonyl (C=O) groups is 1. The maximum absolute atomic E-state index is 11.6. The van der Waals surface area contributed by atoms with Crippen molar-refractivity contribution in [3.8, 4) is 5.75 Å². The van der Waals surface area contributed by atoms with Crippen LogP contribution in [0.3, 0.4) is 0 Å². The number of carbonyl (C=O) groups excluding carboxylic acids is 1. The van der Waals surface area contributed by atoms with Crippen molar-refractivity contribution in [2.24, 2.45) is 0 Å². The van der Waals surface area contributed by atoms with Gasteiger partial charge >= 0.3 is 6.16 Å². The Kier molecular flexibility index (Phi) is 3.19. The van der Waals surface area contributed by atoms with Gasteiger partial charge in [-0.3, -0.25) is 0 Å². The van der Waals surface area contributed by atoms with E-state index in [4.69, 9.17) is 9.47 Å². The SMILES string of the molecule is O=C(Oc1ccccc1)OC1CC2CCC(C1)N2. The van der Waals surface area contributed by atoms with Gasteiger partial charge in [0.25, 0.3) is 0 Å². The summed E-state index contributed by atoms with van der Waals surface area (Å²) in [5.41, 5.74) is 0. The lowest BCUT2D eigenvalue weighted by Gasteiger charge is -2.28. The second-order valence-corrected chi connectivity index (χ2v) is 5.01. The van der Waals surface area contributed by atoms with Crippen LogP contribution in [0.4, 0.5) is 4.79 Å². The van der Waals surface area contributed by atoms with Gasteiger partial charge in [0.15, 0.2) is 0 Å². The molecule has 3 rings (SSSR count). The molecule has 2 saturated heterocycles. The Labute approximate surface area is 106 Å². The predicted octanol–water partition coefficient (Wildman–Crippen LogP) is 2.49. The van der Waals surface area contributed by atoms with Crippen molar-refractivity contribution in [2.45, 2.75) is 43.9 Å². The second kappa shape index (κ2) is 4.98. The molecule has 0 amide bonds. The fourth-order valence-corrected chi connectivity index (χ4v) is 2.85. The summed E-state index contributed by atoms with van der Waals surface area (Å²) in [5.74, 6) is 0.527. The normalized spacial score (nSPS) is 29.9. The van der Waals surface area contributed by atoms with Gasteiger partial charge in [-0.05, 0) is 37.8 Å². The van der Waals surface area contributed by atoms with E-state index in [0.29, 0.717) is 17.8 Å². The molecule has 18 heavy (non-hydrogen) atoms. The number of para-hydroxylation sites is 1. The van der Waals surface area contributed by atoms with Crippen LogP contribution in [-0.2, 0) is 4.74 Å². The van der Waals surface area contributed by atoms with Crippen LogP contribution < -0.4 is 10.1 Å². The lowest BCUT2D eigenvalue weighted by atomic mass is 10.0. The molecule has 2 unspecified atom stereocenters. The molecule has 2 aliphatic heterocycles. The van der Waals surface area contributed by atoms with E-state index in [1.165, 1.54) is 12.8 Å². The predicted molar refractivity (Wildman–Crippen MR) is 66.5 cm³/mol. The highest BCUT2D eigenvalue weighted by molar-refractivity contribution is 5.63. The molecule has 96 valence electrons. The molecule has 1 aromatic rings. The molecular formula is C14H17NO3. The van der Waals surface area contributed by atoms with E-state index in [0.717, 1.165) is 12.8 Å². The Balaban J connectivity index is 1.52. The molecule has 4 heteroatoms. The third kappa shape index (κ3) is 2.64. The van der Waals surface area contributed by atoms with Crippen LogP contribution in [0, 0.1) is 0 Å². The summed E-state index contributed by atoms with van der Waals surface area (Å²) in [6.07, 6.45) is 3.60. The van der Waals surface area contributed by atoms with Crippen molar-refractivity contribution < 1.29 is 14.3 Å². The second-order valence-electron chi connectivity index (χ2n) is 5.01. The molecule has 0 aliphatic carbocycles. The average Bonchev–Trinajstić information content (AvgIpc) is 2.70. The number of hydrogen-bond acceptors (Lipinski definition) is 4. The van der Waals surface area contributed by atoms with E-state index >= 15 is 0 Å². The maximum atomic E-state index is 11.6. The molecule has 2 fully saturated rings. The van der Waals surface area contributed by atoms with Gasteiger partial charge in [-0.2, -0.15) is 0 Å². The van der Waals surface area contributed by atoms with E-state index in [1.54, 1.807) is 12.1 Å². The van der Waals surface area contributed by atoms with E-state index in [9.17, 15) is 4.79 Å². The van der Waals surface area contributed by atoms with Gasteiger partial charge in [0.2, 0.25) is 0 Å². The van der Waals surface area contributed by atoms with Crippen molar-refractivity contribution in [3.63, 3.8) is 0 Å². The molecule has 0 saturated carbocycles. The smallest absolute Gasteiger partial charge is 0.431 e. The zero-order valence-corrected chi connectivity index (χ0v) is 10.2. The third-order valence-corrected chi connectivity index (χ3v) is 3.64. The van der Waals surface area contributed by atoms with Crippen molar-refractivity contribution >= 4 is 6.16 Å². The Morgan fingerprint density at radius 1 is 1.11 bits per heavy atom. The molecule has 2 aliphatic rings. The molecule has 2 bridgehead atoms. The summed E-state index contributed by atoms with van der Waals surface area (Å²) >= 11 is 0. The number of nitrogens with one attached hydrogen (secondary N) is 1. The molecule has 0 aromatic heterocycles. The zero-order valence-electron chi connectivity index (χ0n) is 10.2. The van der Waals surface area contributed by atoms with Crippen LogP contribution in [0.25, 0.3) is 0 Å². The minimum absolute atomic E-state index is 0.0000350. The largest absolute Gasteiger partial charge is 0.514 e. The van der Waals surface area contributed by atoms with E-state index in [-0.39, 0.29) is 6.10 Å². The highest BCUT2D eigenvalue weighted by atomic mass is 16.7. The standard InChI is InChI=1S/C14H17NO3/c16-14(17-12-4-2-1-3-5-12)18-13-8-10-6-7-11(9-13)15-10/h1-5,10-11,13,15H,6-9H2. The van der Waals surface area contributed by atoms with E-state index in [2.05, 4.69) is 5.32 Å². The minimum atomic E-state index is -0.590. The molecule has 4 nitrogen and oxygen atoms in total. The fraction of sp³-hybridized carbons (Fsp3) is 0.500. The molecule has 1 aromatic carbocycles. The summed E-state index contributed by atoms with van der Waals surface area (Å²) < 4.78 is 10.5. The minimum Gasteiger partial charge on any atom is -0.431 e. The van der Waals surface area contributed by atoms with E-state index in [1.807, 2.05) is 18.2 Å². The maximum Gasteiger partial charge on any atom is 0.514 e. The van der Waals surface area contributed by atoms with Crippen LogP contribution in [0.2, 0.25) is 0 Å². The monoisotopic (exact) mass is 247 g/mol. The molecule has 2 heterocycles. The average molecular weight is 247 g/mol. The Hall–Kier alpha value is -1.55. The van der Waals surface area contributed by atoms with E-state index < -0.39 is 6.16 Å². The quantitative estimate of drug-likeness (QED) is 0.644. The first-order chi connectivity index (χ1) is 8.79. The molecule has 0 spiro atoms. The van der Waals surface area contributed by atoms with Gasteiger partial charge in [-0.15, -0.1) is 0 Å². The van der Waals surface area contributed by atoms with Gasteiger partial charge in [-0.25, -0.2) is 4.79 Å². The first kappa shape index (κ1) is 11.5. The molecule has 1 N–H and O–H groups in total. The van der Waals surface area contributed by atoms with Gasteiger partial charge in [0.1, 0.15) is 11.9 Å². The van der Waals surface area contributed by atoms with Crippen molar-refractivity contribution in [1.82, 2.24) is 5.32 Å². The molecular weight excluding hydrogens is 230 g/mol. The van der Waals surface area contributed by atoms with Crippen LogP contribution >= 0.6 is 0 Å². The van der Waals surface area contributed by atoms with Crippen LogP contribution in [0.1, 0.15) is 25.7 Å². The number of hydrogen-bond donors (Lipinski definition) is 1. The lowest BCUT2D eigenvalue weighted by molar-refractivity contribution is 0.0357. The number of ether oxygens (including phenoxy) is 2. The fourth-order valence-electron chi connectivity index (χ4n) is 2.85. The van der Waals surface area contributed by atoms with Crippen molar-refractivity contribution in [2.75, 3.05) is 0 Å². The van der Waals surface area contributed by atoms with Crippen molar-refractivity contribution in [3.05, 3.63) is 30.3 Å². The summed E-state index contributed by atoms with van der Waals surface area (Å²) in [6, 6.07) is 10.0. The van der Waals surface area contributed by atoms with Crippen molar-refractivity contribution in [1.29, 1.82) is 0 Å². The summed E-state index contributed by atoms with van der Waals surface area (Å²) in [4.78, 5) is 11.6. The van der Waals surface area contributed by atoms with Crippen LogP contribution in [-0.4, -0.2) is 24.3 Å². The summed E-state index contributed by atoms with van der Waals surface area (Å²) in [7, 11) is 0. The first-order valence-electron chi connectivity index (χ1n) is 6.49. The number of benzene rings is 1. The Morgan fingerprint density at radius 2 is 1.78 bits per heavy atom. The molecule has 0 radical (unpaired) electrons. The topological polar surface area (TPSA) is 47.6 Å². The highest BCUT2D eigenvalue weighted by Gasteiger charge is 2.35. The number of rotatable bonds is 2. The molecule has 2 atom stereocenters. The lowest BCUT2D eigenvalue weighted by Crippen LogP contribution is -2.42. The van der Waals surface area contributed by atoms with Gasteiger partial charge in [-0.1, -0.05) is 18.2 Å². The van der Waals surface area contributed by atoms with Gasteiger partial charge < -0.3 is 14.8 Å². The Bertz CT molecular complexity index is 408. The Morgan fingerprint density at radius 3 is 2.44 bits per heavy atom. The highest BCUT2D eigenvalue weighted by Crippen LogP contribution is 2.28. The van der Waals surface area contributed by atoms with Gasteiger partial charge in [0, 0.05) is 12.1 Å².